The Morgan fingerprint density at radius 1 is 1.26 bits per heavy atom. The molecule has 0 aliphatic carbocycles. The highest BCUT2D eigenvalue weighted by molar-refractivity contribution is 6.04. The largest absolute Gasteiger partial charge is 0.493 e. The summed E-state index contributed by atoms with van der Waals surface area (Å²) in [6, 6.07) is 9.21. The van der Waals surface area contributed by atoms with E-state index in [0.717, 1.165) is 0 Å². The molecule has 3 heterocycles. The average Bonchev–Trinajstić information content (AvgIpc) is 3.37. The fourth-order valence-electron chi connectivity index (χ4n) is 4.07. The third-order valence-corrected chi connectivity index (χ3v) is 5.45. The van der Waals surface area contributed by atoms with Gasteiger partial charge in [0.05, 0.1) is 18.5 Å². The van der Waals surface area contributed by atoms with Gasteiger partial charge in [0.25, 0.3) is 0 Å². The Morgan fingerprint density at radius 3 is 2.74 bits per heavy atom. The summed E-state index contributed by atoms with van der Waals surface area (Å²) in [6.07, 6.45) is 1.52. The number of amides is 1. The summed E-state index contributed by atoms with van der Waals surface area (Å²) in [5, 5.41) is 12.4. The topological polar surface area (TPSA) is 99.0 Å². The van der Waals surface area contributed by atoms with E-state index >= 15 is 0 Å². The molecular formula is C22H17FN2O6. The van der Waals surface area contributed by atoms with E-state index in [2.05, 4.69) is 5.32 Å². The number of aromatic nitrogens is 1. The lowest BCUT2D eigenvalue weighted by molar-refractivity contribution is -0.116. The van der Waals surface area contributed by atoms with E-state index in [9.17, 15) is 19.1 Å². The number of carbonyl (C=O) groups is 2. The number of methoxy groups -OCH3 is 1. The molecule has 158 valence electrons. The summed E-state index contributed by atoms with van der Waals surface area (Å²) in [4.78, 5) is 24.4. The number of rotatable bonds is 4. The van der Waals surface area contributed by atoms with E-state index in [1.54, 1.807) is 28.8 Å². The quantitative estimate of drug-likeness (QED) is 0.665. The summed E-state index contributed by atoms with van der Waals surface area (Å²) in [5.41, 5.74) is 2.01. The standard InChI is InChI=1S/C22H17FN2O6/c1-29-16-6-11(7-17-21(16)31-10-30-17)14-8-18(26)24-19-15(22(27)28)9-25(20(14)19)13-4-2-12(23)3-5-13/h2-7,9,14H,8,10H2,1H3,(H,24,26)(H,27,28). The lowest BCUT2D eigenvalue weighted by atomic mass is 9.87. The number of anilines is 1. The molecule has 1 aromatic heterocycles. The lowest BCUT2D eigenvalue weighted by Gasteiger charge is -2.26. The molecule has 0 radical (unpaired) electrons. The fourth-order valence-corrected chi connectivity index (χ4v) is 4.07. The van der Waals surface area contributed by atoms with E-state index in [4.69, 9.17) is 14.2 Å². The SMILES string of the molecule is COc1cc(C2CC(=O)Nc3c(C(=O)O)cn(-c4ccc(F)cc4)c32)cc2c1OCO2. The van der Waals surface area contributed by atoms with Crippen molar-refractivity contribution < 1.29 is 33.3 Å². The molecular weight excluding hydrogens is 407 g/mol. The van der Waals surface area contributed by atoms with Crippen LogP contribution in [0.15, 0.2) is 42.6 Å². The van der Waals surface area contributed by atoms with Crippen molar-refractivity contribution in [1.29, 1.82) is 0 Å². The molecule has 2 aliphatic heterocycles. The molecule has 0 saturated heterocycles. The predicted octanol–water partition coefficient (Wildman–Crippen LogP) is 3.53. The van der Waals surface area contributed by atoms with Gasteiger partial charge in [-0.2, -0.15) is 0 Å². The van der Waals surface area contributed by atoms with Crippen molar-refractivity contribution in [1.82, 2.24) is 4.57 Å². The van der Waals surface area contributed by atoms with Gasteiger partial charge in [-0.1, -0.05) is 0 Å². The van der Waals surface area contributed by atoms with Gasteiger partial charge in [-0.25, -0.2) is 9.18 Å². The molecule has 9 heteroatoms. The summed E-state index contributed by atoms with van der Waals surface area (Å²) in [6.45, 7) is 0.0562. The minimum absolute atomic E-state index is 0.0508. The number of ether oxygens (including phenoxy) is 3. The second-order valence-corrected chi connectivity index (χ2v) is 7.22. The number of carboxylic acid groups (broad SMARTS) is 1. The number of nitrogens with zero attached hydrogens (tertiary/aromatic N) is 1. The van der Waals surface area contributed by atoms with E-state index < -0.39 is 17.7 Å². The third-order valence-electron chi connectivity index (χ3n) is 5.45. The smallest absolute Gasteiger partial charge is 0.339 e. The van der Waals surface area contributed by atoms with Gasteiger partial charge in [-0.15, -0.1) is 0 Å². The maximum Gasteiger partial charge on any atom is 0.339 e. The Kier molecular flexibility index (Phi) is 4.32. The van der Waals surface area contributed by atoms with Crippen molar-refractivity contribution >= 4 is 17.6 Å². The highest BCUT2D eigenvalue weighted by Crippen LogP contribution is 2.47. The highest BCUT2D eigenvalue weighted by Gasteiger charge is 2.36. The van der Waals surface area contributed by atoms with Gasteiger partial charge >= 0.3 is 5.97 Å². The second-order valence-electron chi connectivity index (χ2n) is 7.22. The van der Waals surface area contributed by atoms with E-state index in [0.29, 0.717) is 34.2 Å². The monoisotopic (exact) mass is 424 g/mol. The van der Waals surface area contributed by atoms with Gasteiger partial charge in [0, 0.05) is 24.2 Å². The number of hydrogen-bond donors (Lipinski definition) is 2. The number of fused-ring (bicyclic) bond motifs is 2. The molecule has 31 heavy (non-hydrogen) atoms. The number of hydrogen-bond acceptors (Lipinski definition) is 5. The molecule has 3 aromatic rings. The zero-order chi connectivity index (χ0) is 21.7. The first-order valence-corrected chi connectivity index (χ1v) is 9.48. The van der Waals surface area contributed by atoms with Crippen LogP contribution in [0.2, 0.25) is 0 Å². The van der Waals surface area contributed by atoms with Gasteiger partial charge < -0.3 is 29.2 Å². The molecule has 2 aromatic carbocycles. The normalized spacial score (nSPS) is 16.6. The van der Waals surface area contributed by atoms with Crippen LogP contribution in [0.1, 0.15) is 34.0 Å². The summed E-state index contributed by atoms with van der Waals surface area (Å²) in [7, 11) is 1.50. The molecule has 0 fully saturated rings. The van der Waals surface area contributed by atoms with Crippen molar-refractivity contribution in [2.45, 2.75) is 12.3 Å². The van der Waals surface area contributed by atoms with Crippen molar-refractivity contribution in [2.24, 2.45) is 0 Å². The summed E-state index contributed by atoms with van der Waals surface area (Å²) in [5.74, 6) is -0.975. The van der Waals surface area contributed by atoms with E-state index in [1.165, 1.54) is 25.4 Å². The minimum atomic E-state index is -1.18. The van der Waals surface area contributed by atoms with Crippen LogP contribution in [0, 0.1) is 5.82 Å². The van der Waals surface area contributed by atoms with Gasteiger partial charge in [-0.05, 0) is 42.0 Å². The zero-order valence-corrected chi connectivity index (χ0v) is 16.3. The Balaban J connectivity index is 1.73. The van der Waals surface area contributed by atoms with E-state index in [1.807, 2.05) is 0 Å². The Bertz CT molecular complexity index is 1220. The van der Waals surface area contributed by atoms with Crippen LogP contribution in [0.3, 0.4) is 0 Å². The van der Waals surface area contributed by atoms with Gasteiger partial charge in [0.15, 0.2) is 11.5 Å². The number of carbonyl (C=O) groups excluding carboxylic acids is 1. The van der Waals surface area contributed by atoms with Crippen molar-refractivity contribution in [3.63, 3.8) is 0 Å². The van der Waals surface area contributed by atoms with Crippen LogP contribution in [-0.2, 0) is 4.79 Å². The average molecular weight is 424 g/mol. The van der Waals surface area contributed by atoms with Crippen molar-refractivity contribution in [3.05, 3.63) is 65.2 Å². The molecule has 2 N–H and O–H groups in total. The second kappa shape index (κ2) is 7.05. The maximum absolute atomic E-state index is 13.5. The van der Waals surface area contributed by atoms with Crippen LogP contribution in [0.4, 0.5) is 10.1 Å². The third kappa shape index (κ3) is 3.05. The molecule has 8 nitrogen and oxygen atoms in total. The van der Waals surface area contributed by atoms with Gasteiger partial charge in [0.2, 0.25) is 18.4 Å². The Hall–Kier alpha value is -4.01. The molecule has 0 bridgehead atoms. The number of carboxylic acids is 1. The number of nitrogens with one attached hydrogen (secondary N) is 1. The molecule has 1 unspecified atom stereocenters. The molecule has 1 atom stereocenters. The summed E-state index contributed by atoms with van der Waals surface area (Å²) >= 11 is 0. The number of benzene rings is 2. The molecule has 0 spiro atoms. The van der Waals surface area contributed by atoms with Crippen molar-refractivity contribution in [3.8, 4) is 22.9 Å². The minimum Gasteiger partial charge on any atom is -0.493 e. The number of aromatic carboxylic acids is 1. The lowest BCUT2D eigenvalue weighted by Crippen LogP contribution is -2.25. The summed E-state index contributed by atoms with van der Waals surface area (Å²) < 4.78 is 31.5. The first kappa shape index (κ1) is 19.0. The Morgan fingerprint density at radius 2 is 2.03 bits per heavy atom. The van der Waals surface area contributed by atoms with Crippen LogP contribution >= 0.6 is 0 Å². The molecule has 2 aliphatic rings. The van der Waals surface area contributed by atoms with Gasteiger partial charge in [0.1, 0.15) is 11.4 Å². The first-order chi connectivity index (χ1) is 15.0. The van der Waals surface area contributed by atoms with Crippen molar-refractivity contribution in [2.75, 3.05) is 19.2 Å². The van der Waals surface area contributed by atoms with Crippen LogP contribution in [0.25, 0.3) is 5.69 Å². The zero-order valence-electron chi connectivity index (χ0n) is 16.3. The first-order valence-electron chi connectivity index (χ1n) is 9.48. The molecule has 1 amide bonds. The van der Waals surface area contributed by atoms with Crippen LogP contribution < -0.4 is 19.5 Å². The fraction of sp³-hybridized carbons (Fsp3) is 0.182. The highest BCUT2D eigenvalue weighted by atomic mass is 19.1. The van der Waals surface area contributed by atoms with Crippen LogP contribution in [0.5, 0.6) is 17.2 Å². The number of halogens is 1. The van der Waals surface area contributed by atoms with Crippen LogP contribution in [-0.4, -0.2) is 35.5 Å². The van der Waals surface area contributed by atoms with Gasteiger partial charge in [-0.3, -0.25) is 4.79 Å². The molecule has 5 rings (SSSR count). The van der Waals surface area contributed by atoms with E-state index in [-0.39, 0.29) is 30.4 Å². The molecule has 0 saturated carbocycles. The Labute approximate surface area is 175 Å². The predicted molar refractivity (Wildman–Crippen MR) is 107 cm³/mol. The maximum atomic E-state index is 13.5.